The fourth-order valence-electron chi connectivity index (χ4n) is 4.24. The number of benzene rings is 4. The summed E-state index contributed by atoms with van der Waals surface area (Å²) < 4.78 is 30.4. The minimum Gasteiger partial charge on any atom is -0.378 e. The molecule has 0 atom stereocenters. The van der Waals surface area contributed by atoms with E-state index in [0.717, 1.165) is 32.4 Å². The summed E-state index contributed by atoms with van der Waals surface area (Å²) in [6, 6.07) is 31.8. The fourth-order valence-corrected chi connectivity index (χ4v) is 6.03. The molecular formula is C31H26BrN3O2S. The van der Waals surface area contributed by atoms with Crippen molar-refractivity contribution in [1.29, 1.82) is 0 Å². The highest BCUT2D eigenvalue weighted by Crippen LogP contribution is 2.32. The summed E-state index contributed by atoms with van der Waals surface area (Å²) in [7, 11) is 0.0551. The van der Waals surface area contributed by atoms with E-state index in [2.05, 4.69) is 15.9 Å². The molecule has 0 unspecified atom stereocenters. The number of nitrogens with zero attached hydrogens (tertiary/aromatic N) is 3. The van der Waals surface area contributed by atoms with Gasteiger partial charge in [-0.05, 0) is 60.2 Å². The van der Waals surface area contributed by atoms with Crippen LogP contribution in [0.15, 0.2) is 117 Å². The van der Waals surface area contributed by atoms with Crippen molar-refractivity contribution >= 4 is 66.6 Å². The van der Waals surface area contributed by atoms with E-state index in [1.165, 1.54) is 3.97 Å². The Bertz CT molecular complexity index is 1740. The predicted octanol–water partition coefficient (Wildman–Crippen LogP) is 7.63. The molecule has 38 heavy (non-hydrogen) atoms. The first kappa shape index (κ1) is 25.7. The summed E-state index contributed by atoms with van der Waals surface area (Å²) in [5, 5.41) is 0.824. The Morgan fingerprint density at radius 3 is 2.13 bits per heavy atom. The summed E-state index contributed by atoms with van der Waals surface area (Å²) in [4.78, 5) is 6.93. The number of hydrogen-bond donors (Lipinski definition) is 0. The van der Waals surface area contributed by atoms with Gasteiger partial charge in [0.15, 0.2) is 0 Å². The molecule has 0 saturated heterocycles. The largest absolute Gasteiger partial charge is 0.378 e. The van der Waals surface area contributed by atoms with Crippen molar-refractivity contribution in [2.45, 2.75) is 4.90 Å². The SMILES string of the molecule is CN(C)c1ccc(N=Cc2c(/C=C/c3ccc(Br)cc3)c3ccccc3n2S(=O)(=O)c2ccccc2)cc1. The molecule has 0 aliphatic heterocycles. The Labute approximate surface area is 231 Å². The Kier molecular flexibility index (Phi) is 7.31. The van der Waals surface area contributed by atoms with Gasteiger partial charge in [-0.25, -0.2) is 12.4 Å². The van der Waals surface area contributed by atoms with Gasteiger partial charge in [-0.1, -0.05) is 76.6 Å². The molecule has 5 aromatic rings. The average Bonchev–Trinajstić information content (AvgIpc) is 3.26. The van der Waals surface area contributed by atoms with E-state index in [9.17, 15) is 8.42 Å². The summed E-state index contributed by atoms with van der Waals surface area (Å²) in [6.07, 6.45) is 5.59. The fraction of sp³-hybridized carbons (Fsp3) is 0.0645. The van der Waals surface area contributed by atoms with Crippen molar-refractivity contribution in [2.75, 3.05) is 19.0 Å². The van der Waals surface area contributed by atoms with Crippen molar-refractivity contribution in [2.24, 2.45) is 4.99 Å². The topological polar surface area (TPSA) is 54.7 Å². The second kappa shape index (κ2) is 10.8. The molecule has 0 saturated carbocycles. The van der Waals surface area contributed by atoms with Gasteiger partial charge in [0, 0.05) is 35.2 Å². The molecule has 0 amide bonds. The Hall–Kier alpha value is -3.94. The Morgan fingerprint density at radius 2 is 1.45 bits per heavy atom. The van der Waals surface area contributed by atoms with Crippen LogP contribution in [0.1, 0.15) is 16.8 Å². The lowest BCUT2D eigenvalue weighted by Crippen LogP contribution is -2.15. The van der Waals surface area contributed by atoms with Crippen LogP contribution in [0, 0.1) is 0 Å². The van der Waals surface area contributed by atoms with Crippen molar-refractivity contribution in [3.63, 3.8) is 0 Å². The second-order valence-electron chi connectivity index (χ2n) is 8.95. The van der Waals surface area contributed by atoms with Gasteiger partial charge in [-0.15, -0.1) is 0 Å². The van der Waals surface area contributed by atoms with Crippen molar-refractivity contribution in [3.05, 3.63) is 124 Å². The molecule has 0 spiro atoms. The molecule has 7 heteroatoms. The number of rotatable bonds is 7. The highest BCUT2D eigenvalue weighted by atomic mass is 79.9. The van der Waals surface area contributed by atoms with E-state index in [1.807, 2.05) is 104 Å². The Balaban J connectivity index is 1.72. The monoisotopic (exact) mass is 583 g/mol. The maximum Gasteiger partial charge on any atom is 0.268 e. The number of halogens is 1. The number of aliphatic imine (C=N–C) groups is 1. The lowest BCUT2D eigenvalue weighted by atomic mass is 10.1. The van der Waals surface area contributed by atoms with Gasteiger partial charge in [-0.3, -0.25) is 4.99 Å². The van der Waals surface area contributed by atoms with Crippen molar-refractivity contribution in [3.8, 4) is 0 Å². The van der Waals surface area contributed by atoms with Crippen LogP contribution in [0.25, 0.3) is 23.1 Å². The molecule has 4 aromatic carbocycles. The zero-order valence-electron chi connectivity index (χ0n) is 21.0. The molecule has 5 nitrogen and oxygen atoms in total. The highest BCUT2D eigenvalue weighted by Gasteiger charge is 2.25. The Morgan fingerprint density at radius 1 is 0.789 bits per heavy atom. The third-order valence-electron chi connectivity index (χ3n) is 6.20. The normalized spacial score (nSPS) is 12.1. The van der Waals surface area contributed by atoms with E-state index in [0.29, 0.717) is 11.2 Å². The zero-order chi connectivity index (χ0) is 26.7. The summed E-state index contributed by atoms with van der Waals surface area (Å²) in [6.45, 7) is 0. The maximum atomic E-state index is 14.0. The lowest BCUT2D eigenvalue weighted by Gasteiger charge is -2.12. The first-order valence-electron chi connectivity index (χ1n) is 12.0. The minimum absolute atomic E-state index is 0.217. The van der Waals surface area contributed by atoms with Crippen LogP contribution in [-0.4, -0.2) is 32.7 Å². The van der Waals surface area contributed by atoms with Gasteiger partial charge in [0.1, 0.15) is 0 Å². The van der Waals surface area contributed by atoms with Gasteiger partial charge >= 0.3 is 0 Å². The van der Waals surface area contributed by atoms with Crippen LogP contribution in [0.4, 0.5) is 11.4 Å². The van der Waals surface area contributed by atoms with Crippen LogP contribution in [0.5, 0.6) is 0 Å². The average molecular weight is 585 g/mol. The van der Waals surface area contributed by atoms with E-state index in [-0.39, 0.29) is 4.90 Å². The van der Waals surface area contributed by atoms with Gasteiger partial charge in [0.05, 0.1) is 28.0 Å². The quantitative estimate of drug-likeness (QED) is 0.185. The predicted molar refractivity (Wildman–Crippen MR) is 162 cm³/mol. The van der Waals surface area contributed by atoms with Gasteiger partial charge in [-0.2, -0.15) is 0 Å². The molecule has 0 aliphatic rings. The third kappa shape index (κ3) is 5.21. The van der Waals surface area contributed by atoms with E-state index in [4.69, 9.17) is 4.99 Å². The number of anilines is 1. The first-order chi connectivity index (χ1) is 18.3. The van der Waals surface area contributed by atoms with Crippen LogP contribution < -0.4 is 4.90 Å². The third-order valence-corrected chi connectivity index (χ3v) is 8.47. The smallest absolute Gasteiger partial charge is 0.268 e. The van der Waals surface area contributed by atoms with Crippen LogP contribution in [-0.2, 0) is 10.0 Å². The molecule has 5 rings (SSSR count). The van der Waals surface area contributed by atoms with E-state index >= 15 is 0 Å². The molecule has 0 radical (unpaired) electrons. The minimum atomic E-state index is -3.91. The number of hydrogen-bond acceptors (Lipinski definition) is 4. The molecule has 1 aromatic heterocycles. The molecular weight excluding hydrogens is 558 g/mol. The van der Waals surface area contributed by atoms with Crippen molar-refractivity contribution < 1.29 is 8.42 Å². The summed E-state index contributed by atoms with van der Waals surface area (Å²) in [5.41, 5.74) is 4.64. The maximum absolute atomic E-state index is 14.0. The lowest BCUT2D eigenvalue weighted by molar-refractivity contribution is 0.589. The zero-order valence-corrected chi connectivity index (χ0v) is 23.4. The summed E-state index contributed by atoms with van der Waals surface area (Å²) in [5.74, 6) is 0. The molecule has 190 valence electrons. The van der Waals surface area contributed by atoms with Gasteiger partial charge in [0.25, 0.3) is 10.0 Å². The molecule has 0 N–H and O–H groups in total. The number of fused-ring (bicyclic) bond motifs is 1. The van der Waals surface area contributed by atoms with Crippen LogP contribution >= 0.6 is 15.9 Å². The number of aromatic nitrogens is 1. The standard InChI is InChI=1S/C31H26BrN3O2S/c1-34(2)26-19-17-25(18-20-26)33-22-31-29(21-14-23-12-15-24(32)16-13-23)28-10-6-7-11-30(28)35(31)38(36,37)27-8-4-3-5-9-27/h3-22H,1-2H3/b21-14+,33-22?. The van der Waals surface area contributed by atoms with Gasteiger partial charge < -0.3 is 4.90 Å². The van der Waals surface area contributed by atoms with E-state index < -0.39 is 10.0 Å². The molecule has 0 bridgehead atoms. The molecule has 1 heterocycles. The van der Waals surface area contributed by atoms with Gasteiger partial charge in [0.2, 0.25) is 0 Å². The second-order valence-corrected chi connectivity index (χ2v) is 11.7. The van der Waals surface area contributed by atoms with Crippen LogP contribution in [0.2, 0.25) is 0 Å². The summed E-state index contributed by atoms with van der Waals surface area (Å²) >= 11 is 3.47. The number of para-hydroxylation sites is 1. The molecule has 0 fully saturated rings. The molecule has 0 aliphatic carbocycles. The highest BCUT2D eigenvalue weighted by molar-refractivity contribution is 9.10. The van der Waals surface area contributed by atoms with E-state index in [1.54, 1.807) is 36.5 Å². The first-order valence-corrected chi connectivity index (χ1v) is 14.3. The van der Waals surface area contributed by atoms with Crippen LogP contribution in [0.3, 0.4) is 0 Å². The van der Waals surface area contributed by atoms with Crippen molar-refractivity contribution in [1.82, 2.24) is 3.97 Å².